The maximum atomic E-state index is 12.5. The van der Waals surface area contributed by atoms with Gasteiger partial charge in [0.1, 0.15) is 5.69 Å². The Balaban J connectivity index is 3.34. The lowest BCUT2D eigenvalue weighted by atomic mass is 10.2. The van der Waals surface area contributed by atoms with E-state index >= 15 is 0 Å². The first-order valence-electron chi connectivity index (χ1n) is 4.01. The molecule has 0 spiro atoms. The van der Waals surface area contributed by atoms with Crippen LogP contribution in [0.15, 0.2) is 6.07 Å². The number of alkyl halides is 2. The molecule has 0 atom stereocenters. The highest BCUT2D eigenvalue weighted by Crippen LogP contribution is 2.26. The van der Waals surface area contributed by atoms with Crippen molar-refractivity contribution in [1.29, 1.82) is 0 Å². The maximum Gasteiger partial charge on any atom is 0.339 e. The van der Waals surface area contributed by atoms with E-state index in [1.54, 1.807) is 29.5 Å². The molecule has 0 saturated heterocycles. The van der Waals surface area contributed by atoms with E-state index in [0.717, 1.165) is 0 Å². The van der Waals surface area contributed by atoms with Crippen molar-refractivity contribution in [3.05, 3.63) is 26.6 Å². The van der Waals surface area contributed by atoms with Gasteiger partial charge in [0.05, 0.1) is 16.2 Å². The molecule has 1 heterocycles. The summed E-state index contributed by atoms with van der Waals surface area (Å²) in [7, 11) is 1.20. The zero-order valence-corrected chi connectivity index (χ0v) is 10.2. The molecule has 0 unspecified atom stereocenters. The number of methoxy groups -OCH3 is 1. The Bertz CT molecular complexity index is 396. The molecular formula is C9H8F2INO2. The zero-order valence-electron chi connectivity index (χ0n) is 8.05. The summed E-state index contributed by atoms with van der Waals surface area (Å²) in [5, 5.41) is 0. The van der Waals surface area contributed by atoms with Crippen molar-refractivity contribution in [3.8, 4) is 0 Å². The van der Waals surface area contributed by atoms with Crippen LogP contribution in [-0.2, 0) is 4.74 Å². The van der Waals surface area contributed by atoms with E-state index in [1.165, 1.54) is 13.2 Å². The zero-order chi connectivity index (χ0) is 11.6. The molecule has 0 saturated carbocycles. The lowest BCUT2D eigenvalue weighted by molar-refractivity contribution is 0.0598. The first-order chi connectivity index (χ1) is 6.97. The highest BCUT2D eigenvalue weighted by atomic mass is 127. The number of carbonyl (C=O) groups is 1. The average molecular weight is 327 g/mol. The summed E-state index contributed by atoms with van der Waals surface area (Å²) in [6.45, 7) is 1.55. The summed E-state index contributed by atoms with van der Waals surface area (Å²) in [5.74, 6) is -0.633. The average Bonchev–Trinajstić information content (AvgIpc) is 2.19. The van der Waals surface area contributed by atoms with Crippen LogP contribution < -0.4 is 0 Å². The Morgan fingerprint density at radius 3 is 2.67 bits per heavy atom. The molecule has 0 bridgehead atoms. The Morgan fingerprint density at radius 2 is 2.20 bits per heavy atom. The van der Waals surface area contributed by atoms with Gasteiger partial charge < -0.3 is 4.74 Å². The number of hydrogen-bond acceptors (Lipinski definition) is 3. The summed E-state index contributed by atoms with van der Waals surface area (Å²) in [6.07, 6.45) is -2.69. The van der Waals surface area contributed by atoms with Crippen molar-refractivity contribution in [2.45, 2.75) is 13.3 Å². The van der Waals surface area contributed by atoms with E-state index in [4.69, 9.17) is 0 Å². The SMILES string of the molecule is COC(=O)c1cc(C)nc(C(F)F)c1I. The molecule has 0 N–H and O–H groups in total. The molecule has 1 rings (SSSR count). The number of pyridine rings is 1. The van der Waals surface area contributed by atoms with Gasteiger partial charge in [0.2, 0.25) is 0 Å². The van der Waals surface area contributed by atoms with Crippen LogP contribution in [-0.4, -0.2) is 18.1 Å². The molecule has 0 aromatic carbocycles. The number of carbonyl (C=O) groups excluding carboxylic acids is 1. The number of ether oxygens (including phenoxy) is 1. The van der Waals surface area contributed by atoms with Crippen molar-refractivity contribution >= 4 is 28.6 Å². The third-order valence-electron chi connectivity index (χ3n) is 1.72. The van der Waals surface area contributed by atoms with Crippen molar-refractivity contribution in [2.75, 3.05) is 7.11 Å². The second-order valence-electron chi connectivity index (χ2n) is 2.80. The van der Waals surface area contributed by atoms with E-state index in [1.807, 2.05) is 0 Å². The third-order valence-corrected chi connectivity index (χ3v) is 2.86. The van der Waals surface area contributed by atoms with Gasteiger partial charge in [0.25, 0.3) is 6.43 Å². The molecule has 3 nitrogen and oxygen atoms in total. The van der Waals surface area contributed by atoms with Crippen molar-refractivity contribution < 1.29 is 18.3 Å². The number of nitrogens with zero attached hydrogens (tertiary/aromatic N) is 1. The molecule has 0 aliphatic rings. The molecule has 82 valence electrons. The summed E-state index contributed by atoms with van der Waals surface area (Å²) >= 11 is 1.67. The monoisotopic (exact) mass is 327 g/mol. The van der Waals surface area contributed by atoms with Gasteiger partial charge in [-0.3, -0.25) is 4.98 Å². The second-order valence-corrected chi connectivity index (χ2v) is 3.88. The van der Waals surface area contributed by atoms with E-state index in [9.17, 15) is 13.6 Å². The van der Waals surface area contributed by atoms with E-state index < -0.39 is 12.4 Å². The Labute approximate surface area is 99.0 Å². The minimum Gasteiger partial charge on any atom is -0.465 e. The molecule has 0 fully saturated rings. The van der Waals surface area contributed by atoms with Gasteiger partial charge >= 0.3 is 5.97 Å². The van der Waals surface area contributed by atoms with Gasteiger partial charge in [0.15, 0.2) is 0 Å². The van der Waals surface area contributed by atoms with Gasteiger partial charge in [-0.15, -0.1) is 0 Å². The predicted molar refractivity (Wildman–Crippen MR) is 58.0 cm³/mol. The van der Waals surface area contributed by atoms with Gasteiger partial charge in [0, 0.05) is 5.69 Å². The second kappa shape index (κ2) is 4.82. The standard InChI is InChI=1S/C9H8F2INO2/c1-4-3-5(9(14)15-2)6(12)7(13-4)8(10)11/h3,8H,1-2H3. The molecule has 1 aromatic heterocycles. The fraction of sp³-hybridized carbons (Fsp3) is 0.333. The smallest absolute Gasteiger partial charge is 0.339 e. The fourth-order valence-corrected chi connectivity index (χ4v) is 1.82. The Kier molecular flexibility index (Phi) is 3.95. The molecule has 0 aliphatic heterocycles. The highest BCUT2D eigenvalue weighted by molar-refractivity contribution is 14.1. The fourth-order valence-electron chi connectivity index (χ4n) is 1.08. The third kappa shape index (κ3) is 2.61. The number of rotatable bonds is 2. The number of aromatic nitrogens is 1. The van der Waals surface area contributed by atoms with Crippen LogP contribution in [0.2, 0.25) is 0 Å². The van der Waals surface area contributed by atoms with Crippen LogP contribution in [0.3, 0.4) is 0 Å². The lowest BCUT2D eigenvalue weighted by Crippen LogP contribution is -2.09. The first kappa shape index (κ1) is 12.3. The Morgan fingerprint density at radius 1 is 1.60 bits per heavy atom. The number of aryl methyl sites for hydroxylation is 1. The molecule has 15 heavy (non-hydrogen) atoms. The van der Waals surface area contributed by atoms with Crippen LogP contribution in [0.4, 0.5) is 8.78 Å². The molecule has 0 radical (unpaired) electrons. The molecule has 6 heteroatoms. The highest BCUT2D eigenvalue weighted by Gasteiger charge is 2.21. The predicted octanol–water partition coefficient (Wildman–Crippen LogP) is 2.72. The number of esters is 1. The summed E-state index contributed by atoms with van der Waals surface area (Å²) < 4.78 is 29.7. The van der Waals surface area contributed by atoms with Gasteiger partial charge in [-0.25, -0.2) is 13.6 Å². The van der Waals surface area contributed by atoms with Crippen LogP contribution >= 0.6 is 22.6 Å². The maximum absolute atomic E-state index is 12.5. The summed E-state index contributed by atoms with van der Waals surface area (Å²) in [4.78, 5) is 14.9. The van der Waals surface area contributed by atoms with Crippen LogP contribution in [0.5, 0.6) is 0 Å². The van der Waals surface area contributed by atoms with E-state index in [2.05, 4.69) is 9.72 Å². The molecule has 0 aliphatic carbocycles. The quantitative estimate of drug-likeness (QED) is 0.619. The summed E-state index contributed by atoms with van der Waals surface area (Å²) in [5.41, 5.74) is 0.114. The van der Waals surface area contributed by atoms with Crippen LogP contribution in [0, 0.1) is 10.5 Å². The first-order valence-corrected chi connectivity index (χ1v) is 5.08. The van der Waals surface area contributed by atoms with Gasteiger partial charge in [-0.2, -0.15) is 0 Å². The minimum absolute atomic E-state index is 0.126. The topological polar surface area (TPSA) is 39.2 Å². The minimum atomic E-state index is -2.69. The molecular weight excluding hydrogens is 319 g/mol. The van der Waals surface area contributed by atoms with E-state index in [0.29, 0.717) is 5.69 Å². The lowest BCUT2D eigenvalue weighted by Gasteiger charge is -2.08. The molecule has 1 aromatic rings. The van der Waals surface area contributed by atoms with Gasteiger partial charge in [-0.05, 0) is 35.6 Å². The number of hydrogen-bond donors (Lipinski definition) is 0. The Hall–Kier alpha value is -0.790. The van der Waals surface area contributed by atoms with Crippen LogP contribution in [0.1, 0.15) is 28.2 Å². The van der Waals surface area contributed by atoms with Crippen molar-refractivity contribution in [2.24, 2.45) is 0 Å². The largest absolute Gasteiger partial charge is 0.465 e. The van der Waals surface area contributed by atoms with Crippen molar-refractivity contribution in [1.82, 2.24) is 4.98 Å². The van der Waals surface area contributed by atoms with Gasteiger partial charge in [-0.1, -0.05) is 0 Å². The molecule has 0 amide bonds. The normalized spacial score (nSPS) is 10.5. The number of halogens is 3. The summed E-state index contributed by atoms with van der Waals surface area (Å²) in [6, 6.07) is 1.43. The van der Waals surface area contributed by atoms with Crippen molar-refractivity contribution in [3.63, 3.8) is 0 Å². The van der Waals surface area contributed by atoms with Crippen LogP contribution in [0.25, 0.3) is 0 Å². The van der Waals surface area contributed by atoms with E-state index in [-0.39, 0.29) is 14.8 Å².